The summed E-state index contributed by atoms with van der Waals surface area (Å²) in [7, 11) is -3.41. The van der Waals surface area contributed by atoms with E-state index >= 15 is 0 Å². The monoisotopic (exact) mass is 295 g/mol. The minimum absolute atomic E-state index is 0.364. The first-order valence-corrected chi connectivity index (χ1v) is 8.49. The van der Waals surface area contributed by atoms with E-state index in [-0.39, 0.29) is 0 Å². The van der Waals surface area contributed by atoms with E-state index in [4.69, 9.17) is 0 Å². The summed E-state index contributed by atoms with van der Waals surface area (Å²) in [5, 5.41) is 4.03. The van der Waals surface area contributed by atoms with Crippen molar-refractivity contribution < 1.29 is 8.42 Å². The predicted molar refractivity (Wildman–Crippen MR) is 79.1 cm³/mol. The van der Waals surface area contributed by atoms with Crippen molar-refractivity contribution in [2.45, 2.75) is 25.2 Å². The number of nitrogens with one attached hydrogen (secondary N) is 1. The van der Waals surface area contributed by atoms with Crippen LogP contribution in [0.2, 0.25) is 0 Å². The molecular formula is C14H17NO2S2. The normalized spacial score (nSPS) is 11.7. The Morgan fingerprint density at radius 3 is 2.63 bits per heavy atom. The van der Waals surface area contributed by atoms with Crippen LogP contribution in [0, 0.1) is 13.8 Å². The minimum Gasteiger partial charge on any atom is -0.211 e. The first kappa shape index (κ1) is 14.2. The molecule has 2 aromatic rings. The van der Waals surface area contributed by atoms with Gasteiger partial charge in [0.25, 0.3) is 0 Å². The number of sulfonamides is 1. The molecule has 0 bridgehead atoms. The topological polar surface area (TPSA) is 46.2 Å². The highest BCUT2D eigenvalue weighted by molar-refractivity contribution is 7.89. The Morgan fingerprint density at radius 2 is 2.00 bits per heavy atom. The van der Waals surface area contributed by atoms with Gasteiger partial charge in [-0.1, -0.05) is 17.7 Å². The highest BCUT2D eigenvalue weighted by atomic mass is 32.2. The fourth-order valence-corrected chi connectivity index (χ4v) is 3.90. The van der Waals surface area contributed by atoms with E-state index in [2.05, 4.69) is 4.72 Å². The van der Waals surface area contributed by atoms with Crippen molar-refractivity contribution in [2.24, 2.45) is 0 Å². The first-order chi connectivity index (χ1) is 8.99. The Labute approximate surface area is 118 Å². The van der Waals surface area contributed by atoms with Gasteiger partial charge < -0.3 is 0 Å². The van der Waals surface area contributed by atoms with Gasteiger partial charge in [-0.05, 0) is 54.3 Å². The molecule has 102 valence electrons. The zero-order valence-corrected chi connectivity index (χ0v) is 12.6. The van der Waals surface area contributed by atoms with Crippen LogP contribution in [0.4, 0.5) is 0 Å². The van der Waals surface area contributed by atoms with Crippen molar-refractivity contribution in [2.75, 3.05) is 6.54 Å². The number of thiophene rings is 1. The minimum atomic E-state index is -3.41. The maximum absolute atomic E-state index is 12.2. The summed E-state index contributed by atoms with van der Waals surface area (Å²) in [6.07, 6.45) is 0.716. The molecule has 0 aliphatic rings. The zero-order chi connectivity index (χ0) is 13.9. The van der Waals surface area contributed by atoms with Crippen molar-refractivity contribution in [1.82, 2.24) is 4.72 Å². The van der Waals surface area contributed by atoms with Gasteiger partial charge in [-0.2, -0.15) is 11.3 Å². The van der Waals surface area contributed by atoms with Crippen molar-refractivity contribution >= 4 is 21.4 Å². The Bertz CT molecular complexity index is 646. The Hall–Kier alpha value is -1.17. The number of aryl methyl sites for hydroxylation is 2. The van der Waals surface area contributed by atoms with E-state index in [0.29, 0.717) is 17.9 Å². The maximum Gasteiger partial charge on any atom is 0.240 e. The molecule has 1 heterocycles. The third kappa shape index (κ3) is 3.65. The van der Waals surface area contributed by atoms with E-state index in [9.17, 15) is 8.42 Å². The summed E-state index contributed by atoms with van der Waals surface area (Å²) in [5.41, 5.74) is 3.01. The third-order valence-electron chi connectivity index (χ3n) is 2.91. The summed E-state index contributed by atoms with van der Waals surface area (Å²) in [4.78, 5) is 0.364. The molecule has 0 aliphatic heterocycles. The molecule has 0 unspecified atom stereocenters. The number of rotatable bonds is 5. The van der Waals surface area contributed by atoms with Gasteiger partial charge in [0.15, 0.2) is 0 Å². The van der Waals surface area contributed by atoms with Crippen LogP contribution in [0.15, 0.2) is 39.9 Å². The molecule has 0 saturated heterocycles. The lowest BCUT2D eigenvalue weighted by Gasteiger charge is -2.09. The zero-order valence-electron chi connectivity index (χ0n) is 11.0. The molecule has 1 N–H and O–H groups in total. The van der Waals surface area contributed by atoms with Gasteiger partial charge in [0, 0.05) is 6.54 Å². The highest BCUT2D eigenvalue weighted by Crippen LogP contribution is 2.16. The molecule has 1 aromatic heterocycles. The molecule has 0 amide bonds. The van der Waals surface area contributed by atoms with Crippen molar-refractivity contribution in [3.63, 3.8) is 0 Å². The van der Waals surface area contributed by atoms with Gasteiger partial charge in [-0.3, -0.25) is 0 Å². The van der Waals surface area contributed by atoms with Crippen LogP contribution < -0.4 is 4.72 Å². The van der Waals surface area contributed by atoms with E-state index < -0.39 is 10.0 Å². The van der Waals surface area contributed by atoms with Crippen LogP contribution in [0.1, 0.15) is 16.7 Å². The van der Waals surface area contributed by atoms with E-state index in [1.165, 1.54) is 0 Å². The SMILES string of the molecule is Cc1ccc(S(=O)(=O)NCCc2ccsc2)c(C)c1. The van der Waals surface area contributed by atoms with Crippen molar-refractivity contribution in [3.05, 3.63) is 51.7 Å². The summed E-state index contributed by atoms with van der Waals surface area (Å²) in [6, 6.07) is 7.38. The van der Waals surface area contributed by atoms with E-state index in [1.807, 2.05) is 42.8 Å². The maximum atomic E-state index is 12.2. The number of hydrogen-bond acceptors (Lipinski definition) is 3. The van der Waals surface area contributed by atoms with Crippen LogP contribution >= 0.6 is 11.3 Å². The fraction of sp³-hybridized carbons (Fsp3) is 0.286. The van der Waals surface area contributed by atoms with Gasteiger partial charge in [0.2, 0.25) is 10.0 Å². The Balaban J connectivity index is 2.05. The Morgan fingerprint density at radius 1 is 1.21 bits per heavy atom. The molecule has 0 spiro atoms. The molecule has 3 nitrogen and oxygen atoms in total. The predicted octanol–water partition coefficient (Wildman–Crippen LogP) is 2.89. The molecule has 0 aliphatic carbocycles. The highest BCUT2D eigenvalue weighted by Gasteiger charge is 2.15. The molecule has 5 heteroatoms. The van der Waals surface area contributed by atoms with E-state index in [1.54, 1.807) is 17.4 Å². The molecule has 0 atom stereocenters. The second kappa shape index (κ2) is 5.86. The van der Waals surface area contributed by atoms with Crippen LogP contribution in [0.3, 0.4) is 0 Å². The molecule has 0 saturated carbocycles. The van der Waals surface area contributed by atoms with Crippen molar-refractivity contribution in [3.8, 4) is 0 Å². The van der Waals surface area contributed by atoms with Crippen LogP contribution in [-0.4, -0.2) is 15.0 Å². The second-order valence-electron chi connectivity index (χ2n) is 4.55. The van der Waals surface area contributed by atoms with Gasteiger partial charge in [-0.25, -0.2) is 13.1 Å². The summed E-state index contributed by atoms with van der Waals surface area (Å²) < 4.78 is 27.0. The average molecular weight is 295 g/mol. The fourth-order valence-electron chi connectivity index (χ4n) is 1.94. The molecular weight excluding hydrogens is 278 g/mol. The summed E-state index contributed by atoms with van der Waals surface area (Å²) in [6.45, 7) is 4.19. The molecule has 19 heavy (non-hydrogen) atoms. The molecule has 1 aromatic carbocycles. The second-order valence-corrected chi connectivity index (χ2v) is 7.06. The lowest BCUT2D eigenvalue weighted by atomic mass is 10.2. The summed E-state index contributed by atoms with van der Waals surface area (Å²) >= 11 is 1.62. The third-order valence-corrected chi connectivity index (χ3v) is 5.26. The lowest BCUT2D eigenvalue weighted by Crippen LogP contribution is -2.26. The smallest absolute Gasteiger partial charge is 0.211 e. The van der Waals surface area contributed by atoms with Crippen molar-refractivity contribution in [1.29, 1.82) is 0 Å². The van der Waals surface area contributed by atoms with Crippen LogP contribution in [0.5, 0.6) is 0 Å². The lowest BCUT2D eigenvalue weighted by molar-refractivity contribution is 0.581. The van der Waals surface area contributed by atoms with Crippen LogP contribution in [-0.2, 0) is 16.4 Å². The molecule has 0 radical (unpaired) electrons. The van der Waals surface area contributed by atoms with E-state index in [0.717, 1.165) is 16.7 Å². The molecule has 0 fully saturated rings. The average Bonchev–Trinajstić information content (AvgIpc) is 2.81. The van der Waals surface area contributed by atoms with Gasteiger partial charge in [0.1, 0.15) is 0 Å². The Kier molecular flexibility index (Phi) is 4.39. The summed E-state index contributed by atoms with van der Waals surface area (Å²) in [5.74, 6) is 0. The van der Waals surface area contributed by atoms with Gasteiger partial charge in [0.05, 0.1) is 4.90 Å². The standard InChI is InChI=1S/C14H17NO2S2/c1-11-3-4-14(12(2)9-11)19(16,17)15-7-5-13-6-8-18-10-13/h3-4,6,8-10,15H,5,7H2,1-2H3. The molecule has 2 rings (SSSR count). The quantitative estimate of drug-likeness (QED) is 0.922. The number of benzene rings is 1. The number of hydrogen-bond donors (Lipinski definition) is 1. The van der Waals surface area contributed by atoms with Gasteiger partial charge >= 0.3 is 0 Å². The van der Waals surface area contributed by atoms with Crippen LogP contribution in [0.25, 0.3) is 0 Å². The van der Waals surface area contributed by atoms with Gasteiger partial charge in [-0.15, -0.1) is 0 Å². The first-order valence-electron chi connectivity index (χ1n) is 6.07. The largest absolute Gasteiger partial charge is 0.240 e.